The smallest absolute Gasteiger partial charge is 0.257 e. The van der Waals surface area contributed by atoms with Gasteiger partial charge < -0.3 is 15.0 Å². The molecule has 0 bridgehead atoms. The van der Waals surface area contributed by atoms with Crippen molar-refractivity contribution < 1.29 is 9.53 Å². The highest BCUT2D eigenvalue weighted by molar-refractivity contribution is 6.04. The molecule has 1 amide bonds. The minimum Gasteiger partial charge on any atom is -0.378 e. The van der Waals surface area contributed by atoms with Crippen LogP contribution in [0.5, 0.6) is 0 Å². The minimum atomic E-state index is -0.225. The average Bonchev–Trinajstić information content (AvgIpc) is 2.63. The first-order chi connectivity index (χ1) is 11.3. The number of hydrogen-bond acceptors (Lipinski definition) is 5. The third kappa shape index (κ3) is 3.65. The Kier molecular flexibility index (Phi) is 4.50. The highest BCUT2D eigenvalue weighted by atomic mass is 16.5. The predicted molar refractivity (Wildman–Crippen MR) is 86.4 cm³/mol. The number of carbonyl (C=O) groups is 1. The van der Waals surface area contributed by atoms with Crippen molar-refractivity contribution >= 4 is 17.3 Å². The Hall–Kier alpha value is -2.91. The summed E-state index contributed by atoms with van der Waals surface area (Å²) in [5, 5.41) is 11.6. The van der Waals surface area contributed by atoms with Gasteiger partial charge in [0, 0.05) is 25.0 Å². The molecule has 1 aromatic heterocycles. The summed E-state index contributed by atoms with van der Waals surface area (Å²) in [6.45, 7) is 2.95. The molecule has 0 saturated carbocycles. The van der Waals surface area contributed by atoms with Crippen molar-refractivity contribution in [2.75, 3.05) is 36.5 Å². The van der Waals surface area contributed by atoms with E-state index >= 15 is 0 Å². The van der Waals surface area contributed by atoms with Crippen LogP contribution in [0.2, 0.25) is 0 Å². The molecule has 0 atom stereocenters. The van der Waals surface area contributed by atoms with E-state index in [4.69, 9.17) is 10.00 Å². The molecule has 23 heavy (non-hydrogen) atoms. The number of hydrogen-bond donors (Lipinski definition) is 1. The van der Waals surface area contributed by atoms with Crippen molar-refractivity contribution in [3.05, 3.63) is 53.9 Å². The second-order valence-electron chi connectivity index (χ2n) is 5.17. The first-order valence-electron chi connectivity index (χ1n) is 7.35. The number of morpholine rings is 1. The van der Waals surface area contributed by atoms with Gasteiger partial charge in [0.15, 0.2) is 0 Å². The van der Waals surface area contributed by atoms with E-state index in [2.05, 4.69) is 15.2 Å². The van der Waals surface area contributed by atoms with Gasteiger partial charge in [-0.3, -0.25) is 9.78 Å². The van der Waals surface area contributed by atoms with Crippen LogP contribution in [-0.2, 0) is 4.74 Å². The maximum atomic E-state index is 12.3. The molecule has 1 saturated heterocycles. The van der Waals surface area contributed by atoms with Crippen molar-refractivity contribution in [3.63, 3.8) is 0 Å². The zero-order chi connectivity index (χ0) is 16.1. The van der Waals surface area contributed by atoms with E-state index in [1.54, 1.807) is 36.7 Å². The van der Waals surface area contributed by atoms with Gasteiger partial charge in [-0.25, -0.2) is 0 Å². The molecule has 0 aliphatic carbocycles. The van der Waals surface area contributed by atoms with Crippen molar-refractivity contribution in [1.82, 2.24) is 4.98 Å². The van der Waals surface area contributed by atoms with Crippen LogP contribution in [0.15, 0.2) is 42.7 Å². The molecule has 116 valence electrons. The topological polar surface area (TPSA) is 78.2 Å². The number of benzene rings is 1. The molecule has 1 aliphatic heterocycles. The minimum absolute atomic E-state index is 0.225. The summed E-state index contributed by atoms with van der Waals surface area (Å²) in [7, 11) is 0. The normalized spacial score (nSPS) is 14.1. The summed E-state index contributed by atoms with van der Waals surface area (Å²) in [4.78, 5) is 18.7. The molecule has 2 aromatic rings. The van der Waals surface area contributed by atoms with E-state index in [1.165, 1.54) is 0 Å². The Bertz CT molecular complexity index is 731. The van der Waals surface area contributed by atoms with Crippen molar-refractivity contribution in [3.8, 4) is 6.07 Å². The Morgan fingerprint density at radius 3 is 2.65 bits per heavy atom. The highest BCUT2D eigenvalue weighted by Crippen LogP contribution is 2.17. The van der Waals surface area contributed by atoms with Gasteiger partial charge in [-0.1, -0.05) is 0 Å². The molecular weight excluding hydrogens is 292 g/mol. The van der Waals surface area contributed by atoms with Crippen molar-refractivity contribution in [2.24, 2.45) is 0 Å². The van der Waals surface area contributed by atoms with Crippen LogP contribution in [0, 0.1) is 11.3 Å². The Labute approximate surface area is 134 Å². The van der Waals surface area contributed by atoms with Crippen LogP contribution in [0.3, 0.4) is 0 Å². The maximum absolute atomic E-state index is 12.3. The van der Waals surface area contributed by atoms with Crippen LogP contribution >= 0.6 is 0 Å². The fourth-order valence-corrected chi connectivity index (χ4v) is 2.38. The number of carbonyl (C=O) groups excluding carboxylic acids is 1. The van der Waals surface area contributed by atoms with Crippen molar-refractivity contribution in [1.29, 1.82) is 5.26 Å². The van der Waals surface area contributed by atoms with Gasteiger partial charge in [-0.15, -0.1) is 0 Å². The van der Waals surface area contributed by atoms with E-state index in [0.717, 1.165) is 18.8 Å². The largest absolute Gasteiger partial charge is 0.378 e. The molecule has 1 N–H and O–H groups in total. The zero-order valence-electron chi connectivity index (χ0n) is 12.5. The Morgan fingerprint density at radius 2 is 1.96 bits per heavy atom. The number of nitrogens with zero attached hydrogens (tertiary/aromatic N) is 3. The number of nitrogens with one attached hydrogen (secondary N) is 1. The summed E-state index contributed by atoms with van der Waals surface area (Å²) in [5.41, 5.74) is 2.61. The molecular formula is C17H16N4O2. The maximum Gasteiger partial charge on any atom is 0.257 e. The third-order valence-corrected chi connectivity index (χ3v) is 3.63. The molecule has 6 heteroatoms. The molecule has 2 heterocycles. The molecule has 3 rings (SSSR count). The number of anilines is 2. The highest BCUT2D eigenvalue weighted by Gasteiger charge is 2.14. The van der Waals surface area contributed by atoms with Crippen LogP contribution in [0.4, 0.5) is 11.4 Å². The Morgan fingerprint density at radius 1 is 1.22 bits per heavy atom. The van der Waals surface area contributed by atoms with E-state index in [0.29, 0.717) is 30.0 Å². The summed E-state index contributed by atoms with van der Waals surface area (Å²) in [5.74, 6) is -0.225. The average molecular weight is 308 g/mol. The summed E-state index contributed by atoms with van der Waals surface area (Å²) >= 11 is 0. The van der Waals surface area contributed by atoms with E-state index in [1.807, 2.05) is 12.1 Å². The standard InChI is InChI=1S/C17H16N4O2/c18-10-13-1-3-15(4-2-13)20-17(22)14-9-16(12-19-11-14)21-5-7-23-8-6-21/h1-4,9,11-12H,5-8H2,(H,20,22). The number of rotatable bonds is 3. The lowest BCUT2D eigenvalue weighted by atomic mass is 10.2. The Balaban J connectivity index is 1.72. The molecule has 1 aromatic carbocycles. The van der Waals surface area contributed by atoms with Crippen LogP contribution in [0.1, 0.15) is 15.9 Å². The van der Waals surface area contributed by atoms with Gasteiger partial charge in [-0.05, 0) is 30.3 Å². The summed E-state index contributed by atoms with van der Waals surface area (Å²) in [6.07, 6.45) is 3.30. The molecule has 1 aliphatic rings. The molecule has 0 radical (unpaired) electrons. The van der Waals surface area contributed by atoms with Gasteiger partial charge >= 0.3 is 0 Å². The summed E-state index contributed by atoms with van der Waals surface area (Å²) < 4.78 is 5.33. The summed E-state index contributed by atoms with van der Waals surface area (Å²) in [6, 6.07) is 10.6. The van der Waals surface area contributed by atoms with Crippen molar-refractivity contribution in [2.45, 2.75) is 0 Å². The number of amides is 1. The fourth-order valence-electron chi connectivity index (χ4n) is 2.38. The van der Waals surface area contributed by atoms with E-state index in [-0.39, 0.29) is 5.91 Å². The predicted octanol–water partition coefficient (Wildman–Crippen LogP) is 2.04. The van der Waals surface area contributed by atoms with Crippen LogP contribution in [0.25, 0.3) is 0 Å². The third-order valence-electron chi connectivity index (χ3n) is 3.63. The number of ether oxygens (including phenoxy) is 1. The molecule has 6 nitrogen and oxygen atoms in total. The number of nitriles is 1. The van der Waals surface area contributed by atoms with Gasteiger partial charge in [0.1, 0.15) is 0 Å². The zero-order valence-corrected chi connectivity index (χ0v) is 12.5. The second kappa shape index (κ2) is 6.90. The number of pyridine rings is 1. The van der Waals surface area contributed by atoms with E-state index < -0.39 is 0 Å². The van der Waals surface area contributed by atoms with Gasteiger partial charge in [0.25, 0.3) is 5.91 Å². The fraction of sp³-hybridized carbons (Fsp3) is 0.235. The van der Waals surface area contributed by atoms with E-state index in [9.17, 15) is 4.79 Å². The lowest BCUT2D eigenvalue weighted by Gasteiger charge is -2.28. The van der Waals surface area contributed by atoms with Crippen LogP contribution < -0.4 is 10.2 Å². The van der Waals surface area contributed by atoms with Crippen LogP contribution in [-0.4, -0.2) is 37.2 Å². The second-order valence-corrected chi connectivity index (χ2v) is 5.17. The SMILES string of the molecule is N#Cc1ccc(NC(=O)c2cncc(N3CCOCC3)c2)cc1. The lowest BCUT2D eigenvalue weighted by molar-refractivity contribution is 0.102. The first kappa shape index (κ1) is 15.0. The van der Waals surface area contributed by atoms with Gasteiger partial charge in [0.05, 0.1) is 42.3 Å². The monoisotopic (exact) mass is 308 g/mol. The first-order valence-corrected chi connectivity index (χ1v) is 7.35. The molecule has 0 spiro atoms. The molecule has 1 fully saturated rings. The molecule has 0 unspecified atom stereocenters. The lowest BCUT2D eigenvalue weighted by Crippen LogP contribution is -2.36. The quantitative estimate of drug-likeness (QED) is 0.939. The number of aromatic nitrogens is 1. The van der Waals surface area contributed by atoms with Gasteiger partial charge in [0.2, 0.25) is 0 Å². The van der Waals surface area contributed by atoms with Gasteiger partial charge in [-0.2, -0.15) is 5.26 Å².